The summed E-state index contributed by atoms with van der Waals surface area (Å²) in [6.45, 7) is 0. The first-order valence-electron chi connectivity index (χ1n) is 6.55. The van der Waals surface area contributed by atoms with E-state index in [2.05, 4.69) is 4.74 Å². The Morgan fingerprint density at radius 1 is 1.19 bits per heavy atom. The molecule has 0 aromatic heterocycles. The molecule has 3 nitrogen and oxygen atoms in total. The van der Waals surface area contributed by atoms with E-state index in [1.54, 1.807) is 12.1 Å². The van der Waals surface area contributed by atoms with E-state index in [0.29, 0.717) is 24.8 Å². The Morgan fingerprint density at radius 3 is 2.62 bits per heavy atom. The van der Waals surface area contributed by atoms with Gasteiger partial charge in [0, 0.05) is 0 Å². The van der Waals surface area contributed by atoms with Gasteiger partial charge >= 0.3 is 6.36 Å². The van der Waals surface area contributed by atoms with Crippen molar-refractivity contribution in [2.24, 2.45) is 0 Å². The van der Waals surface area contributed by atoms with Crippen LogP contribution < -0.4 is 4.74 Å². The van der Waals surface area contributed by atoms with Crippen LogP contribution in [0.15, 0.2) is 30.3 Å². The summed E-state index contributed by atoms with van der Waals surface area (Å²) in [4.78, 5) is 0. The van der Waals surface area contributed by atoms with E-state index in [0.717, 1.165) is 5.57 Å². The number of rotatable bonds is 2. The molecule has 7 heteroatoms. The van der Waals surface area contributed by atoms with Gasteiger partial charge in [-0.25, -0.2) is 8.42 Å². The molecule has 0 radical (unpaired) electrons. The van der Waals surface area contributed by atoms with Gasteiger partial charge in [-0.15, -0.1) is 13.2 Å². The zero-order valence-corrected chi connectivity index (χ0v) is 11.7. The van der Waals surface area contributed by atoms with Crippen molar-refractivity contribution in [3.63, 3.8) is 0 Å². The van der Waals surface area contributed by atoms with Crippen LogP contribution in [0.4, 0.5) is 13.2 Å². The van der Waals surface area contributed by atoms with E-state index in [1.807, 2.05) is 0 Å². The number of alkyl halides is 3. The summed E-state index contributed by atoms with van der Waals surface area (Å²) in [6, 6.07) is 5.68. The SMILES string of the molecule is O=S1(=O)C2C=C(c3cccc(OC(F)(F)F)c3)CC1CC2. The lowest BCUT2D eigenvalue weighted by Crippen LogP contribution is -2.26. The predicted octanol–water partition coefficient (Wildman–Crippen LogP) is 3.32. The van der Waals surface area contributed by atoms with Gasteiger partial charge in [0.2, 0.25) is 0 Å². The van der Waals surface area contributed by atoms with Gasteiger partial charge in [-0.05, 0) is 42.5 Å². The molecule has 1 saturated heterocycles. The van der Waals surface area contributed by atoms with Crippen molar-refractivity contribution in [1.29, 1.82) is 0 Å². The third-order valence-electron chi connectivity index (χ3n) is 3.93. The van der Waals surface area contributed by atoms with Gasteiger partial charge < -0.3 is 4.74 Å². The fourth-order valence-corrected chi connectivity index (χ4v) is 5.16. The Hall–Kier alpha value is -1.50. The Bertz CT molecular complexity index is 692. The number of hydrogen-bond acceptors (Lipinski definition) is 3. The van der Waals surface area contributed by atoms with Gasteiger partial charge in [0.15, 0.2) is 9.84 Å². The molecule has 0 N–H and O–H groups in total. The van der Waals surface area contributed by atoms with Crippen LogP contribution in [0, 0.1) is 0 Å². The molecule has 114 valence electrons. The Kier molecular flexibility index (Phi) is 3.27. The molecule has 2 aliphatic heterocycles. The highest BCUT2D eigenvalue weighted by Crippen LogP contribution is 2.41. The quantitative estimate of drug-likeness (QED) is 0.840. The number of halogens is 3. The second kappa shape index (κ2) is 4.76. The maximum Gasteiger partial charge on any atom is 0.573 e. The lowest BCUT2D eigenvalue weighted by atomic mass is 10.0. The summed E-state index contributed by atoms with van der Waals surface area (Å²) in [7, 11) is -3.10. The molecule has 2 bridgehead atoms. The first-order valence-corrected chi connectivity index (χ1v) is 8.16. The fourth-order valence-electron chi connectivity index (χ4n) is 2.97. The van der Waals surface area contributed by atoms with Crippen LogP contribution in [0.2, 0.25) is 0 Å². The maximum atomic E-state index is 12.2. The zero-order valence-electron chi connectivity index (χ0n) is 10.9. The average Bonchev–Trinajstić information content (AvgIpc) is 2.57. The normalized spacial score (nSPS) is 27.3. The Labute approximate surface area is 120 Å². The van der Waals surface area contributed by atoms with E-state index in [9.17, 15) is 21.6 Å². The first kappa shape index (κ1) is 14.4. The molecule has 0 spiro atoms. The molecule has 2 heterocycles. The monoisotopic (exact) mass is 318 g/mol. The number of hydrogen-bond donors (Lipinski definition) is 0. The van der Waals surface area contributed by atoms with E-state index in [-0.39, 0.29) is 5.75 Å². The van der Waals surface area contributed by atoms with Crippen molar-refractivity contribution >= 4 is 15.4 Å². The first-order chi connectivity index (χ1) is 9.75. The molecule has 1 fully saturated rings. The molecule has 1 aromatic carbocycles. The van der Waals surface area contributed by atoms with Crippen molar-refractivity contribution < 1.29 is 26.3 Å². The third-order valence-corrected chi connectivity index (χ3v) is 6.48. The molecule has 2 aliphatic rings. The molecule has 2 atom stereocenters. The van der Waals surface area contributed by atoms with Crippen molar-refractivity contribution in [2.75, 3.05) is 0 Å². The van der Waals surface area contributed by atoms with Crippen LogP contribution in [0.3, 0.4) is 0 Å². The van der Waals surface area contributed by atoms with Crippen LogP contribution in [0.5, 0.6) is 5.75 Å². The molecule has 0 aliphatic carbocycles. The molecule has 0 saturated carbocycles. The summed E-state index contributed by atoms with van der Waals surface area (Å²) < 4.78 is 64.6. The van der Waals surface area contributed by atoms with E-state index in [4.69, 9.17) is 0 Å². The second-order valence-electron chi connectivity index (χ2n) is 5.30. The Morgan fingerprint density at radius 2 is 1.95 bits per heavy atom. The van der Waals surface area contributed by atoms with Crippen LogP contribution in [0.25, 0.3) is 5.57 Å². The van der Waals surface area contributed by atoms with E-state index < -0.39 is 26.7 Å². The zero-order chi connectivity index (χ0) is 15.3. The molecular weight excluding hydrogens is 305 g/mol. The number of ether oxygens (including phenoxy) is 1. The summed E-state index contributed by atoms with van der Waals surface area (Å²) in [5, 5.41) is -0.909. The van der Waals surface area contributed by atoms with Crippen LogP contribution in [-0.4, -0.2) is 25.3 Å². The smallest absolute Gasteiger partial charge is 0.406 e. The summed E-state index contributed by atoms with van der Waals surface area (Å²) in [5.41, 5.74) is 1.37. The minimum Gasteiger partial charge on any atom is -0.406 e. The summed E-state index contributed by atoms with van der Waals surface area (Å²) >= 11 is 0. The van der Waals surface area contributed by atoms with Crippen LogP contribution >= 0.6 is 0 Å². The van der Waals surface area contributed by atoms with Crippen LogP contribution in [0.1, 0.15) is 24.8 Å². The molecule has 1 aromatic rings. The molecule has 3 rings (SSSR count). The van der Waals surface area contributed by atoms with Gasteiger partial charge in [0.1, 0.15) is 5.75 Å². The fraction of sp³-hybridized carbons (Fsp3) is 0.429. The number of benzene rings is 1. The van der Waals surface area contributed by atoms with Crippen molar-refractivity contribution in [1.82, 2.24) is 0 Å². The van der Waals surface area contributed by atoms with Crippen molar-refractivity contribution in [2.45, 2.75) is 36.1 Å². The van der Waals surface area contributed by atoms with Gasteiger partial charge in [0.25, 0.3) is 0 Å². The highest BCUT2D eigenvalue weighted by Gasteiger charge is 2.43. The summed E-state index contributed by atoms with van der Waals surface area (Å²) in [5.74, 6) is -0.290. The minimum absolute atomic E-state index is 0.290. The highest BCUT2D eigenvalue weighted by molar-refractivity contribution is 7.93. The third kappa shape index (κ3) is 2.79. The highest BCUT2D eigenvalue weighted by atomic mass is 32.2. The van der Waals surface area contributed by atoms with Gasteiger partial charge in [0.05, 0.1) is 10.5 Å². The van der Waals surface area contributed by atoms with Crippen LogP contribution in [-0.2, 0) is 9.84 Å². The number of allylic oxidation sites excluding steroid dienone is 1. The van der Waals surface area contributed by atoms with Crippen molar-refractivity contribution in [3.05, 3.63) is 35.9 Å². The summed E-state index contributed by atoms with van der Waals surface area (Å²) in [6.07, 6.45) is -1.50. The van der Waals surface area contributed by atoms with Gasteiger partial charge in [-0.1, -0.05) is 18.2 Å². The molecular formula is C14H13F3O3S. The minimum atomic E-state index is -4.73. The molecule has 2 unspecified atom stereocenters. The van der Waals surface area contributed by atoms with E-state index >= 15 is 0 Å². The molecule has 0 amide bonds. The maximum absolute atomic E-state index is 12.2. The van der Waals surface area contributed by atoms with Crippen molar-refractivity contribution in [3.8, 4) is 5.75 Å². The van der Waals surface area contributed by atoms with Gasteiger partial charge in [-0.3, -0.25) is 0 Å². The average molecular weight is 318 g/mol. The largest absolute Gasteiger partial charge is 0.573 e. The van der Waals surface area contributed by atoms with Gasteiger partial charge in [-0.2, -0.15) is 0 Å². The number of fused-ring (bicyclic) bond motifs is 2. The number of sulfone groups is 1. The molecule has 21 heavy (non-hydrogen) atoms. The lowest BCUT2D eigenvalue weighted by Gasteiger charge is -2.21. The topological polar surface area (TPSA) is 43.4 Å². The standard InChI is InChI=1S/C14H13F3O3S/c15-14(16,17)20-11-3-1-2-9(6-11)10-7-12-4-5-13(8-10)21(12,18)19/h1-3,6-7,12-13H,4-5,8H2. The Balaban J connectivity index is 1.91. The van der Waals surface area contributed by atoms with E-state index in [1.165, 1.54) is 18.2 Å². The second-order valence-corrected chi connectivity index (χ2v) is 7.75. The predicted molar refractivity (Wildman–Crippen MR) is 71.4 cm³/mol. The lowest BCUT2D eigenvalue weighted by molar-refractivity contribution is -0.274.